The number of amides is 1. The number of aryl methyl sites for hydroxylation is 2. The molecule has 3 rings (SSSR count). The summed E-state index contributed by atoms with van der Waals surface area (Å²) in [5.41, 5.74) is 4.02. The average molecular weight is 378 g/mol. The van der Waals surface area contributed by atoms with E-state index in [0.717, 1.165) is 11.3 Å². The lowest BCUT2D eigenvalue weighted by molar-refractivity contribution is 0.102. The first kappa shape index (κ1) is 19.2. The molecule has 144 valence electrons. The maximum absolute atomic E-state index is 12.6. The lowest BCUT2D eigenvalue weighted by atomic mass is 10.1. The molecule has 0 aliphatic carbocycles. The summed E-state index contributed by atoms with van der Waals surface area (Å²) in [5, 5.41) is 6.03. The molecular formula is C21H22N4O3. The zero-order valence-electron chi connectivity index (χ0n) is 16.2. The summed E-state index contributed by atoms with van der Waals surface area (Å²) in [6, 6.07) is 12.8. The summed E-state index contributed by atoms with van der Waals surface area (Å²) in [5.74, 6) is 1.31. The number of nitrogens with one attached hydrogen (secondary N) is 2. The lowest BCUT2D eigenvalue weighted by Gasteiger charge is -2.11. The van der Waals surface area contributed by atoms with Crippen molar-refractivity contribution in [3.8, 4) is 11.5 Å². The molecule has 0 spiro atoms. The first-order chi connectivity index (χ1) is 13.5. The number of methoxy groups -OCH3 is 2. The van der Waals surface area contributed by atoms with Crippen LogP contribution in [0.3, 0.4) is 0 Å². The van der Waals surface area contributed by atoms with Crippen LogP contribution in [0.5, 0.6) is 11.5 Å². The van der Waals surface area contributed by atoms with Gasteiger partial charge in [0.1, 0.15) is 17.8 Å². The van der Waals surface area contributed by atoms with E-state index in [1.54, 1.807) is 38.5 Å². The highest BCUT2D eigenvalue weighted by molar-refractivity contribution is 6.03. The molecule has 0 bridgehead atoms. The molecule has 3 aromatic rings. The zero-order chi connectivity index (χ0) is 20.1. The number of carbonyl (C=O) groups is 1. The number of hydrogen-bond donors (Lipinski definition) is 2. The smallest absolute Gasteiger partial charge is 0.274 e. The summed E-state index contributed by atoms with van der Waals surface area (Å²) in [6.45, 7) is 4.05. The number of rotatable bonds is 6. The number of ether oxygens (including phenoxy) is 2. The highest BCUT2D eigenvalue weighted by Gasteiger charge is 2.12. The number of nitrogens with zero attached hydrogens (tertiary/aromatic N) is 2. The van der Waals surface area contributed by atoms with Gasteiger partial charge in [0.05, 0.1) is 14.2 Å². The van der Waals surface area contributed by atoms with Crippen LogP contribution in [-0.2, 0) is 0 Å². The maximum atomic E-state index is 12.6. The van der Waals surface area contributed by atoms with Crippen LogP contribution in [0.15, 0.2) is 48.8 Å². The zero-order valence-corrected chi connectivity index (χ0v) is 16.2. The van der Waals surface area contributed by atoms with Gasteiger partial charge in [0.2, 0.25) is 0 Å². The van der Waals surface area contributed by atoms with Crippen molar-refractivity contribution < 1.29 is 14.3 Å². The predicted molar refractivity (Wildman–Crippen MR) is 109 cm³/mol. The van der Waals surface area contributed by atoms with Gasteiger partial charge in [-0.2, -0.15) is 0 Å². The van der Waals surface area contributed by atoms with Gasteiger partial charge in [-0.1, -0.05) is 17.7 Å². The van der Waals surface area contributed by atoms with Crippen molar-refractivity contribution in [1.82, 2.24) is 9.97 Å². The van der Waals surface area contributed by atoms with E-state index in [1.807, 2.05) is 26.0 Å². The molecule has 2 aromatic carbocycles. The quantitative estimate of drug-likeness (QED) is 0.671. The van der Waals surface area contributed by atoms with Crippen LogP contribution in [0.2, 0.25) is 0 Å². The monoisotopic (exact) mass is 378 g/mol. The van der Waals surface area contributed by atoms with Crippen LogP contribution in [0.4, 0.5) is 17.2 Å². The second-order valence-electron chi connectivity index (χ2n) is 6.26. The summed E-state index contributed by atoms with van der Waals surface area (Å²) in [6.07, 6.45) is 1.36. The molecule has 0 saturated heterocycles. The standard InChI is InChI=1S/C21H22N4O3/c1-13-5-7-16(14(2)9-13)25-20-11-17(22-12-23-20)21(26)24-15-6-8-18(27-3)19(10-15)28-4/h5-12H,1-4H3,(H,24,26)(H,22,23,25). The fourth-order valence-corrected chi connectivity index (χ4v) is 2.75. The van der Waals surface area contributed by atoms with Gasteiger partial charge in [-0.05, 0) is 37.6 Å². The van der Waals surface area contributed by atoms with Gasteiger partial charge >= 0.3 is 0 Å². The molecule has 28 heavy (non-hydrogen) atoms. The molecular weight excluding hydrogens is 356 g/mol. The lowest BCUT2D eigenvalue weighted by Crippen LogP contribution is -2.14. The van der Waals surface area contributed by atoms with Crippen LogP contribution in [0, 0.1) is 13.8 Å². The summed E-state index contributed by atoms with van der Waals surface area (Å²) >= 11 is 0. The van der Waals surface area contributed by atoms with Gasteiger partial charge < -0.3 is 20.1 Å². The van der Waals surface area contributed by atoms with Gasteiger partial charge in [0.25, 0.3) is 5.91 Å². The van der Waals surface area contributed by atoms with E-state index >= 15 is 0 Å². The maximum Gasteiger partial charge on any atom is 0.274 e. The van der Waals surface area contributed by atoms with E-state index in [9.17, 15) is 4.79 Å². The van der Waals surface area contributed by atoms with E-state index < -0.39 is 0 Å². The summed E-state index contributed by atoms with van der Waals surface area (Å²) in [4.78, 5) is 20.9. The summed E-state index contributed by atoms with van der Waals surface area (Å²) < 4.78 is 10.5. The van der Waals surface area contributed by atoms with Gasteiger partial charge in [0, 0.05) is 23.5 Å². The van der Waals surface area contributed by atoms with Crippen LogP contribution in [0.1, 0.15) is 21.6 Å². The van der Waals surface area contributed by atoms with Gasteiger partial charge in [-0.15, -0.1) is 0 Å². The Labute approximate surface area is 163 Å². The van der Waals surface area contributed by atoms with Crippen LogP contribution < -0.4 is 20.1 Å². The van der Waals surface area contributed by atoms with E-state index in [2.05, 4.69) is 26.7 Å². The van der Waals surface area contributed by atoms with E-state index in [4.69, 9.17) is 9.47 Å². The van der Waals surface area contributed by atoms with Gasteiger partial charge in [-0.3, -0.25) is 4.79 Å². The molecule has 0 aliphatic heterocycles. The topological polar surface area (TPSA) is 85.4 Å². The molecule has 2 N–H and O–H groups in total. The molecule has 0 unspecified atom stereocenters. The van der Waals surface area contributed by atoms with Crippen molar-refractivity contribution in [1.29, 1.82) is 0 Å². The third-order valence-electron chi connectivity index (χ3n) is 4.19. The second kappa shape index (κ2) is 8.39. The number of carbonyl (C=O) groups excluding carboxylic acids is 1. The number of anilines is 3. The van der Waals surface area contributed by atoms with Gasteiger partial charge in [-0.25, -0.2) is 9.97 Å². The normalized spacial score (nSPS) is 10.3. The molecule has 7 nitrogen and oxygen atoms in total. The van der Waals surface area contributed by atoms with Crippen molar-refractivity contribution in [2.24, 2.45) is 0 Å². The minimum absolute atomic E-state index is 0.247. The third kappa shape index (κ3) is 4.37. The number of aromatic nitrogens is 2. The van der Waals surface area contributed by atoms with Crippen molar-refractivity contribution in [3.05, 3.63) is 65.6 Å². The van der Waals surface area contributed by atoms with Crippen molar-refractivity contribution in [2.45, 2.75) is 13.8 Å². The van der Waals surface area contributed by atoms with Crippen LogP contribution in [-0.4, -0.2) is 30.1 Å². The second-order valence-corrected chi connectivity index (χ2v) is 6.26. The average Bonchev–Trinajstić information content (AvgIpc) is 2.70. The molecule has 7 heteroatoms. The van der Waals surface area contributed by atoms with Crippen LogP contribution >= 0.6 is 0 Å². The molecule has 1 amide bonds. The molecule has 0 aliphatic rings. The first-order valence-corrected chi connectivity index (χ1v) is 8.70. The molecule has 0 fully saturated rings. The Bertz CT molecular complexity index is 1000. The first-order valence-electron chi connectivity index (χ1n) is 8.70. The molecule has 0 saturated carbocycles. The highest BCUT2D eigenvalue weighted by atomic mass is 16.5. The molecule has 0 atom stereocenters. The fourth-order valence-electron chi connectivity index (χ4n) is 2.75. The fraction of sp³-hybridized carbons (Fsp3) is 0.190. The Morgan fingerprint density at radius 1 is 0.929 bits per heavy atom. The Morgan fingerprint density at radius 3 is 2.43 bits per heavy atom. The minimum Gasteiger partial charge on any atom is -0.493 e. The molecule has 0 radical (unpaired) electrons. The largest absolute Gasteiger partial charge is 0.493 e. The highest BCUT2D eigenvalue weighted by Crippen LogP contribution is 2.30. The van der Waals surface area contributed by atoms with Crippen molar-refractivity contribution >= 4 is 23.1 Å². The van der Waals surface area contributed by atoms with E-state index in [0.29, 0.717) is 23.0 Å². The van der Waals surface area contributed by atoms with Crippen molar-refractivity contribution in [3.63, 3.8) is 0 Å². The Kier molecular flexibility index (Phi) is 5.74. The third-order valence-corrected chi connectivity index (χ3v) is 4.19. The Hall–Kier alpha value is -3.61. The van der Waals surface area contributed by atoms with E-state index in [-0.39, 0.29) is 11.6 Å². The van der Waals surface area contributed by atoms with Gasteiger partial charge in [0.15, 0.2) is 11.5 Å². The van der Waals surface area contributed by atoms with E-state index in [1.165, 1.54) is 11.9 Å². The summed E-state index contributed by atoms with van der Waals surface area (Å²) in [7, 11) is 3.10. The molecule has 1 heterocycles. The predicted octanol–water partition coefficient (Wildman–Crippen LogP) is 4.11. The van der Waals surface area contributed by atoms with Crippen molar-refractivity contribution in [2.75, 3.05) is 24.9 Å². The Morgan fingerprint density at radius 2 is 1.71 bits per heavy atom. The Balaban J connectivity index is 1.77. The number of hydrogen-bond acceptors (Lipinski definition) is 6. The SMILES string of the molecule is COc1ccc(NC(=O)c2cc(Nc3ccc(C)cc3C)ncn2)cc1OC. The molecule has 1 aromatic heterocycles. The van der Waals surface area contributed by atoms with Crippen LogP contribution in [0.25, 0.3) is 0 Å². The number of benzene rings is 2. The minimum atomic E-state index is -0.349.